The summed E-state index contributed by atoms with van der Waals surface area (Å²) in [5.74, 6) is -11.5. The van der Waals surface area contributed by atoms with Gasteiger partial charge >= 0.3 is 29.1 Å². The quantitative estimate of drug-likeness (QED) is 0.0960. The predicted molar refractivity (Wildman–Crippen MR) is 137 cm³/mol. The molecule has 1 saturated heterocycles. The molecule has 2 aliphatic carbocycles. The number of halogens is 7. The third-order valence-corrected chi connectivity index (χ3v) is 11.3. The van der Waals surface area contributed by atoms with Crippen LogP contribution in [0.1, 0.15) is 23.2 Å². The SMILES string of the molecule is O=C(OC1C2CC3C1OC(=O)C3C2C(=O)OCCC(F)(F)C(F)(F)S(=O)(=O)[O-])c1cc(I)cc(I)c1I. The summed E-state index contributed by atoms with van der Waals surface area (Å²) in [4.78, 5) is 38.2. The molecule has 1 aromatic rings. The second kappa shape index (κ2) is 10.1. The number of carbonyl (C=O) groups is 3. The molecule has 9 nitrogen and oxygen atoms in total. The number of rotatable bonds is 8. The maximum atomic E-state index is 13.7. The van der Waals surface area contributed by atoms with E-state index in [0.717, 1.165) is 7.14 Å². The molecule has 0 N–H and O–H groups in total. The van der Waals surface area contributed by atoms with Crippen LogP contribution in [0.15, 0.2) is 12.1 Å². The van der Waals surface area contributed by atoms with Crippen LogP contribution in [0.4, 0.5) is 17.6 Å². The monoisotopic (exact) mass is 887 g/mol. The van der Waals surface area contributed by atoms with Crippen molar-refractivity contribution in [1.82, 2.24) is 0 Å². The van der Waals surface area contributed by atoms with E-state index in [0.29, 0.717) is 3.57 Å². The van der Waals surface area contributed by atoms with E-state index in [9.17, 15) is 44.9 Å². The number of hydrogen-bond donors (Lipinski definition) is 0. The van der Waals surface area contributed by atoms with Crippen LogP contribution in [0.25, 0.3) is 0 Å². The molecule has 0 spiro atoms. The second-order valence-corrected chi connectivity index (χ2v) is 13.6. The number of alkyl halides is 4. The van der Waals surface area contributed by atoms with Crippen LogP contribution >= 0.6 is 67.8 Å². The van der Waals surface area contributed by atoms with Gasteiger partial charge in [-0.05, 0) is 86.3 Å². The standard InChI is InChI=1S/C20H15F4I3O9S/c21-19(22,20(23,24)37(31,32)33)1-2-34-17(29)11-7-5-8-12(11)18(30)36-15(8)14(7)35-16(28)9-3-6(25)4-10(26)13(9)27/h3-4,7-8,11-12,14-15H,1-2,5H2,(H,31,32,33)/p-1. The second-order valence-electron chi connectivity index (χ2n) is 8.73. The van der Waals surface area contributed by atoms with Crippen LogP contribution in [0.5, 0.6) is 0 Å². The van der Waals surface area contributed by atoms with Gasteiger partial charge in [-0.25, -0.2) is 13.2 Å². The van der Waals surface area contributed by atoms with Crippen molar-refractivity contribution < 1.29 is 59.1 Å². The summed E-state index contributed by atoms with van der Waals surface area (Å²) in [6.07, 6.45) is -3.54. The van der Waals surface area contributed by atoms with Crippen molar-refractivity contribution in [3.05, 3.63) is 28.4 Å². The molecule has 204 valence electrons. The van der Waals surface area contributed by atoms with Gasteiger partial charge in [0.2, 0.25) is 0 Å². The topological polar surface area (TPSA) is 136 Å². The Kier molecular flexibility index (Phi) is 8.06. The minimum Gasteiger partial charge on any atom is -0.743 e. The summed E-state index contributed by atoms with van der Waals surface area (Å²) in [6, 6.07) is 3.45. The molecule has 0 amide bonds. The van der Waals surface area contributed by atoms with Crippen LogP contribution in [0, 0.1) is 34.4 Å². The lowest BCUT2D eigenvalue weighted by atomic mass is 9.78. The highest BCUT2D eigenvalue weighted by Crippen LogP contribution is 2.59. The van der Waals surface area contributed by atoms with Crippen LogP contribution in [-0.2, 0) is 33.9 Å². The molecule has 1 aromatic carbocycles. The number of hydrogen-bond acceptors (Lipinski definition) is 9. The highest BCUT2D eigenvalue weighted by molar-refractivity contribution is 14.1. The van der Waals surface area contributed by atoms with Gasteiger partial charge in [-0.3, -0.25) is 9.59 Å². The molecule has 0 aromatic heterocycles. The molecule has 0 radical (unpaired) electrons. The van der Waals surface area contributed by atoms with E-state index in [1.54, 1.807) is 6.07 Å². The Hall–Kier alpha value is -0.550. The molecule has 6 unspecified atom stereocenters. The van der Waals surface area contributed by atoms with Crippen LogP contribution in [-0.4, -0.2) is 60.9 Å². The molecule has 37 heavy (non-hydrogen) atoms. The summed E-state index contributed by atoms with van der Waals surface area (Å²) in [7, 11) is -6.68. The minimum absolute atomic E-state index is 0.238. The summed E-state index contributed by atoms with van der Waals surface area (Å²) in [6.45, 7) is -1.35. The highest BCUT2D eigenvalue weighted by atomic mass is 127. The lowest BCUT2D eigenvalue weighted by Gasteiger charge is -2.31. The molecule has 6 atom stereocenters. The number of fused-ring (bicyclic) bond motifs is 1. The molecule has 1 heterocycles. The number of carbonyl (C=O) groups excluding carboxylic acids is 3. The van der Waals surface area contributed by atoms with Crippen molar-refractivity contribution in [3.8, 4) is 0 Å². The van der Waals surface area contributed by atoms with Crippen molar-refractivity contribution in [2.75, 3.05) is 6.61 Å². The van der Waals surface area contributed by atoms with E-state index in [1.165, 1.54) is 0 Å². The molecule has 3 aliphatic rings. The maximum absolute atomic E-state index is 13.7. The Morgan fingerprint density at radius 2 is 1.78 bits per heavy atom. The maximum Gasteiger partial charge on any atom is 0.396 e. The first kappa shape index (κ1) is 29.4. The molecule has 3 fully saturated rings. The Morgan fingerprint density at radius 1 is 1.14 bits per heavy atom. The van der Waals surface area contributed by atoms with Gasteiger partial charge in [0.1, 0.15) is 12.2 Å². The normalized spacial score (nSPS) is 28.8. The highest BCUT2D eigenvalue weighted by Gasteiger charge is 2.70. The van der Waals surface area contributed by atoms with Crippen LogP contribution < -0.4 is 0 Å². The first-order valence-electron chi connectivity index (χ1n) is 10.4. The largest absolute Gasteiger partial charge is 0.743 e. The molecule has 2 bridgehead atoms. The first-order chi connectivity index (χ1) is 17.0. The first-order valence-corrected chi connectivity index (χ1v) is 15.1. The van der Waals surface area contributed by atoms with Gasteiger partial charge in [0.25, 0.3) is 0 Å². The third-order valence-electron chi connectivity index (χ3n) is 6.67. The predicted octanol–water partition coefficient (Wildman–Crippen LogP) is 3.54. The molecule has 17 heteroatoms. The van der Waals surface area contributed by atoms with E-state index in [-0.39, 0.29) is 12.0 Å². The van der Waals surface area contributed by atoms with Gasteiger partial charge in [0, 0.05) is 22.5 Å². The van der Waals surface area contributed by atoms with Crippen LogP contribution in [0.3, 0.4) is 0 Å². The van der Waals surface area contributed by atoms with Crippen molar-refractivity contribution in [3.63, 3.8) is 0 Å². The van der Waals surface area contributed by atoms with E-state index in [4.69, 9.17) is 14.2 Å². The Balaban J connectivity index is 1.48. The van der Waals surface area contributed by atoms with Crippen molar-refractivity contribution >= 4 is 95.8 Å². The zero-order valence-electron chi connectivity index (χ0n) is 18.0. The fourth-order valence-electron chi connectivity index (χ4n) is 5.06. The van der Waals surface area contributed by atoms with E-state index >= 15 is 0 Å². The number of esters is 3. The average molecular weight is 887 g/mol. The molecular weight excluding hydrogens is 873 g/mol. The summed E-state index contributed by atoms with van der Waals surface area (Å²) in [5, 5.41) is -5.91. The van der Waals surface area contributed by atoms with Gasteiger partial charge in [0.15, 0.2) is 10.1 Å². The Morgan fingerprint density at radius 3 is 2.41 bits per heavy atom. The summed E-state index contributed by atoms with van der Waals surface area (Å²) >= 11 is 6.05. The number of benzene rings is 1. The van der Waals surface area contributed by atoms with Gasteiger partial charge in [-0.15, -0.1) is 0 Å². The van der Waals surface area contributed by atoms with Gasteiger partial charge in [0.05, 0.1) is 30.4 Å². The molecule has 2 saturated carbocycles. The van der Waals surface area contributed by atoms with E-state index < -0.39 is 88.1 Å². The molecule has 4 rings (SSSR count). The van der Waals surface area contributed by atoms with Gasteiger partial charge < -0.3 is 18.8 Å². The summed E-state index contributed by atoms with van der Waals surface area (Å²) < 4.78 is 103. The Labute approximate surface area is 247 Å². The van der Waals surface area contributed by atoms with Crippen molar-refractivity contribution in [2.24, 2.45) is 23.7 Å². The van der Waals surface area contributed by atoms with Crippen molar-refractivity contribution in [2.45, 2.75) is 36.2 Å². The lowest BCUT2D eigenvalue weighted by Crippen LogP contribution is -2.48. The van der Waals surface area contributed by atoms with Crippen LogP contribution in [0.2, 0.25) is 0 Å². The van der Waals surface area contributed by atoms with E-state index in [1.807, 2.05) is 51.2 Å². The Bertz CT molecular complexity index is 1280. The third kappa shape index (κ3) is 5.07. The zero-order chi connectivity index (χ0) is 27.7. The van der Waals surface area contributed by atoms with Gasteiger partial charge in [-0.1, -0.05) is 0 Å². The fourth-order valence-corrected chi connectivity index (χ4v) is 7.91. The molecular formula is C20H14F4I3O9S-. The van der Waals surface area contributed by atoms with E-state index in [2.05, 4.69) is 22.6 Å². The average Bonchev–Trinajstić information content (AvgIpc) is 3.38. The smallest absolute Gasteiger partial charge is 0.396 e. The fraction of sp³-hybridized carbons (Fsp3) is 0.550. The minimum atomic E-state index is -6.68. The zero-order valence-corrected chi connectivity index (χ0v) is 25.3. The number of ether oxygens (including phenoxy) is 3. The molecule has 1 aliphatic heterocycles. The lowest BCUT2D eigenvalue weighted by molar-refractivity contribution is -0.178. The van der Waals surface area contributed by atoms with Gasteiger partial charge in [-0.2, -0.15) is 17.6 Å². The summed E-state index contributed by atoms with van der Waals surface area (Å²) in [5.41, 5.74) is 0.260. The van der Waals surface area contributed by atoms with Crippen molar-refractivity contribution in [1.29, 1.82) is 0 Å².